The number of nitrogens with two attached hydrogens (primary N) is 1. The molecule has 6 heteroatoms. The molecule has 2 atom stereocenters. The minimum absolute atomic E-state index is 0.376. The van der Waals surface area contributed by atoms with Crippen LogP contribution in [0.4, 0.5) is 0 Å². The van der Waals surface area contributed by atoms with Crippen LogP contribution in [0.5, 0.6) is 0 Å². The van der Waals surface area contributed by atoms with E-state index < -0.39 is 11.9 Å². The maximum atomic E-state index is 9.10. The lowest BCUT2D eigenvalue weighted by atomic mass is 9.95. The fourth-order valence-electron chi connectivity index (χ4n) is 2.11. The molecule has 1 fully saturated rings. The van der Waals surface area contributed by atoms with Crippen LogP contribution in [0.15, 0.2) is 28.7 Å². The lowest BCUT2D eigenvalue weighted by molar-refractivity contribution is -0.159. The van der Waals surface area contributed by atoms with Crippen molar-refractivity contribution < 1.29 is 19.8 Å². The van der Waals surface area contributed by atoms with E-state index in [0.29, 0.717) is 12.0 Å². The largest absolute Gasteiger partial charge is 0.473 e. The van der Waals surface area contributed by atoms with Crippen molar-refractivity contribution in [2.75, 3.05) is 0 Å². The summed E-state index contributed by atoms with van der Waals surface area (Å²) in [7, 11) is 0. The number of hydrogen-bond acceptors (Lipinski definition) is 3. The summed E-state index contributed by atoms with van der Waals surface area (Å²) in [5, 5.41) is 14.8. The van der Waals surface area contributed by atoms with Crippen molar-refractivity contribution in [2.45, 2.75) is 31.2 Å². The third-order valence-corrected chi connectivity index (χ3v) is 3.58. The number of benzene rings is 1. The number of halogens is 1. The molecule has 104 valence electrons. The smallest absolute Gasteiger partial charge is 0.414 e. The predicted octanol–water partition coefficient (Wildman–Crippen LogP) is 2.20. The molecule has 0 radical (unpaired) electrons. The molecule has 1 aliphatic rings. The number of rotatable bonds is 1. The van der Waals surface area contributed by atoms with Gasteiger partial charge in [-0.25, -0.2) is 9.59 Å². The van der Waals surface area contributed by atoms with Crippen LogP contribution in [0.3, 0.4) is 0 Å². The Balaban J connectivity index is 0.000000258. The number of carboxylic acid groups (broad SMARTS) is 2. The zero-order valence-corrected chi connectivity index (χ0v) is 11.8. The summed E-state index contributed by atoms with van der Waals surface area (Å²) in [6.07, 6.45) is 3.71. The van der Waals surface area contributed by atoms with Gasteiger partial charge in [-0.05, 0) is 36.5 Å². The van der Waals surface area contributed by atoms with Crippen molar-refractivity contribution in [3.05, 3.63) is 34.3 Å². The Kier molecular flexibility index (Phi) is 5.98. The standard InChI is InChI=1S/C11H14BrN.C2H2O4/c12-9-6-4-8(5-7-9)10-2-1-3-11(10)13;3-1(4)2(5)6/h4-7,10-11H,1-3,13H2;(H,3,4)(H,5,6)/t10-,11-;/m1./s1. The Morgan fingerprint density at radius 3 is 2.00 bits per heavy atom. The fourth-order valence-corrected chi connectivity index (χ4v) is 2.38. The summed E-state index contributed by atoms with van der Waals surface area (Å²) >= 11 is 3.44. The van der Waals surface area contributed by atoms with Crippen LogP contribution in [0, 0.1) is 0 Å². The van der Waals surface area contributed by atoms with Crippen molar-refractivity contribution in [3.63, 3.8) is 0 Å². The average Bonchev–Trinajstić information content (AvgIpc) is 2.77. The molecule has 1 aliphatic carbocycles. The van der Waals surface area contributed by atoms with Gasteiger partial charge in [-0.3, -0.25) is 0 Å². The third kappa shape index (κ3) is 5.00. The second kappa shape index (κ2) is 7.25. The minimum atomic E-state index is -1.82. The highest BCUT2D eigenvalue weighted by atomic mass is 79.9. The minimum Gasteiger partial charge on any atom is -0.473 e. The first-order valence-corrected chi connectivity index (χ1v) is 6.68. The summed E-state index contributed by atoms with van der Waals surface area (Å²) < 4.78 is 1.14. The maximum absolute atomic E-state index is 9.10. The van der Waals surface area contributed by atoms with Crippen molar-refractivity contribution >= 4 is 27.9 Å². The van der Waals surface area contributed by atoms with E-state index in [9.17, 15) is 0 Å². The lowest BCUT2D eigenvalue weighted by Gasteiger charge is -2.15. The summed E-state index contributed by atoms with van der Waals surface area (Å²) in [6, 6.07) is 8.93. The third-order valence-electron chi connectivity index (χ3n) is 3.05. The molecule has 1 aromatic carbocycles. The Bertz CT molecular complexity index is 434. The van der Waals surface area contributed by atoms with E-state index in [1.807, 2.05) is 0 Å². The molecule has 0 aromatic heterocycles. The predicted molar refractivity (Wildman–Crippen MR) is 74.0 cm³/mol. The Morgan fingerprint density at radius 2 is 1.63 bits per heavy atom. The van der Waals surface area contributed by atoms with Crippen LogP contribution in [0.25, 0.3) is 0 Å². The second-order valence-electron chi connectivity index (χ2n) is 4.36. The first kappa shape index (κ1) is 15.7. The van der Waals surface area contributed by atoms with E-state index in [1.54, 1.807) is 0 Å². The van der Waals surface area contributed by atoms with E-state index in [0.717, 1.165) is 4.47 Å². The fraction of sp³-hybridized carbons (Fsp3) is 0.385. The Morgan fingerprint density at radius 1 is 1.11 bits per heavy atom. The first-order chi connectivity index (χ1) is 8.91. The highest BCUT2D eigenvalue weighted by Crippen LogP contribution is 2.33. The summed E-state index contributed by atoms with van der Waals surface area (Å²) in [6.45, 7) is 0. The van der Waals surface area contributed by atoms with Crippen molar-refractivity contribution in [1.29, 1.82) is 0 Å². The van der Waals surface area contributed by atoms with Gasteiger partial charge in [0.2, 0.25) is 0 Å². The van der Waals surface area contributed by atoms with Gasteiger partial charge in [0.05, 0.1) is 0 Å². The molecule has 0 aliphatic heterocycles. The highest BCUT2D eigenvalue weighted by molar-refractivity contribution is 9.10. The van der Waals surface area contributed by atoms with Gasteiger partial charge in [-0.1, -0.05) is 34.5 Å². The van der Waals surface area contributed by atoms with Crippen LogP contribution in [-0.2, 0) is 9.59 Å². The molecule has 0 heterocycles. The van der Waals surface area contributed by atoms with E-state index in [4.69, 9.17) is 25.5 Å². The van der Waals surface area contributed by atoms with E-state index in [1.165, 1.54) is 24.8 Å². The second-order valence-corrected chi connectivity index (χ2v) is 5.28. The molecule has 0 unspecified atom stereocenters. The molecule has 0 spiro atoms. The summed E-state index contributed by atoms with van der Waals surface area (Å²) in [5.74, 6) is -3.06. The summed E-state index contributed by atoms with van der Waals surface area (Å²) in [4.78, 5) is 18.2. The van der Waals surface area contributed by atoms with Crippen LogP contribution in [0.1, 0.15) is 30.7 Å². The molecular formula is C13H16BrNO4. The molecule has 5 nitrogen and oxygen atoms in total. The van der Waals surface area contributed by atoms with E-state index in [2.05, 4.69) is 40.2 Å². The van der Waals surface area contributed by atoms with Gasteiger partial charge < -0.3 is 15.9 Å². The summed E-state index contributed by atoms with van der Waals surface area (Å²) in [5.41, 5.74) is 7.43. The van der Waals surface area contributed by atoms with Crippen LogP contribution < -0.4 is 5.73 Å². The van der Waals surface area contributed by atoms with Crippen LogP contribution in [-0.4, -0.2) is 28.2 Å². The SMILES string of the molecule is N[C@@H]1CCC[C@@H]1c1ccc(Br)cc1.O=C(O)C(=O)O. The van der Waals surface area contributed by atoms with Gasteiger partial charge in [0, 0.05) is 10.5 Å². The number of carboxylic acids is 2. The van der Waals surface area contributed by atoms with Gasteiger partial charge in [0.15, 0.2) is 0 Å². The normalized spacial score (nSPS) is 21.4. The molecule has 0 bridgehead atoms. The zero-order valence-electron chi connectivity index (χ0n) is 10.3. The molecular weight excluding hydrogens is 314 g/mol. The van der Waals surface area contributed by atoms with Crippen molar-refractivity contribution in [3.8, 4) is 0 Å². The first-order valence-electron chi connectivity index (χ1n) is 5.89. The van der Waals surface area contributed by atoms with Gasteiger partial charge in [0.1, 0.15) is 0 Å². The molecule has 0 amide bonds. The topological polar surface area (TPSA) is 101 Å². The van der Waals surface area contributed by atoms with Crippen molar-refractivity contribution in [1.82, 2.24) is 0 Å². The number of aliphatic carboxylic acids is 2. The Hall–Kier alpha value is -1.40. The van der Waals surface area contributed by atoms with E-state index in [-0.39, 0.29) is 0 Å². The molecule has 1 aromatic rings. The highest BCUT2D eigenvalue weighted by Gasteiger charge is 2.24. The van der Waals surface area contributed by atoms with Crippen molar-refractivity contribution in [2.24, 2.45) is 5.73 Å². The number of carbonyl (C=O) groups is 2. The average molecular weight is 330 g/mol. The lowest BCUT2D eigenvalue weighted by Crippen LogP contribution is -2.22. The monoisotopic (exact) mass is 329 g/mol. The van der Waals surface area contributed by atoms with Gasteiger partial charge in [0.25, 0.3) is 0 Å². The molecule has 2 rings (SSSR count). The maximum Gasteiger partial charge on any atom is 0.414 e. The molecule has 19 heavy (non-hydrogen) atoms. The van der Waals surface area contributed by atoms with Gasteiger partial charge in [-0.2, -0.15) is 0 Å². The quantitative estimate of drug-likeness (QED) is 0.685. The number of hydrogen-bond donors (Lipinski definition) is 3. The van der Waals surface area contributed by atoms with Gasteiger partial charge >= 0.3 is 11.9 Å². The van der Waals surface area contributed by atoms with E-state index >= 15 is 0 Å². The molecule has 0 saturated heterocycles. The van der Waals surface area contributed by atoms with Gasteiger partial charge in [-0.15, -0.1) is 0 Å². The zero-order chi connectivity index (χ0) is 14.4. The van der Waals surface area contributed by atoms with Crippen LogP contribution >= 0.6 is 15.9 Å². The molecule has 1 saturated carbocycles. The Labute approximate surface area is 119 Å². The van der Waals surface area contributed by atoms with Crippen LogP contribution in [0.2, 0.25) is 0 Å². The molecule has 4 N–H and O–H groups in total.